The highest BCUT2D eigenvalue weighted by atomic mass is 16.5. The molecule has 2 nitrogen and oxygen atoms in total. The van der Waals surface area contributed by atoms with Crippen LogP contribution in [0.25, 0.3) is 0 Å². The number of fused-ring (bicyclic) bond motifs is 5. The Bertz CT molecular complexity index is 676. The molecule has 2 heteroatoms. The van der Waals surface area contributed by atoms with Gasteiger partial charge in [-0.15, -0.1) is 6.58 Å². The van der Waals surface area contributed by atoms with Gasteiger partial charge in [0.15, 0.2) is 0 Å². The maximum atomic E-state index is 12.5. The van der Waals surface area contributed by atoms with Gasteiger partial charge in [-0.25, -0.2) is 0 Å². The summed E-state index contributed by atoms with van der Waals surface area (Å²) in [5.41, 5.74) is 2.88. The zero-order valence-electron chi connectivity index (χ0n) is 14.2. The van der Waals surface area contributed by atoms with Gasteiger partial charge in [0.2, 0.25) is 0 Å². The highest BCUT2D eigenvalue weighted by molar-refractivity contribution is 5.87. The standard InChI is InChI=1S/C21H26O2/c1-4-21-12-9-14-13-15(23-3)5-6-16(14)17(21)10-11-20(2)18(21)7-8-19(20)22/h4-6,13,17-18H,1,7-12H2,2-3H3/t17-,18-,20+,21?/m1/s1. The van der Waals surface area contributed by atoms with Gasteiger partial charge in [-0.3, -0.25) is 4.79 Å². The van der Waals surface area contributed by atoms with Crippen LogP contribution in [0, 0.1) is 16.7 Å². The molecule has 4 rings (SSSR count). The maximum absolute atomic E-state index is 12.5. The molecular weight excluding hydrogens is 284 g/mol. The first-order valence-electron chi connectivity index (χ1n) is 8.89. The lowest BCUT2D eigenvalue weighted by Crippen LogP contribution is -2.49. The summed E-state index contributed by atoms with van der Waals surface area (Å²) in [6.45, 7) is 6.47. The normalized spacial score (nSPS) is 38.4. The number of carbonyl (C=O) groups excluding carboxylic acids is 1. The van der Waals surface area contributed by atoms with Crippen molar-refractivity contribution in [2.24, 2.45) is 16.7 Å². The van der Waals surface area contributed by atoms with E-state index in [2.05, 4.69) is 37.8 Å². The Balaban J connectivity index is 1.81. The molecule has 0 saturated heterocycles. The minimum absolute atomic E-state index is 0.0980. The summed E-state index contributed by atoms with van der Waals surface area (Å²) in [6.07, 6.45) is 8.34. The van der Waals surface area contributed by atoms with Gasteiger partial charge >= 0.3 is 0 Å². The quantitative estimate of drug-likeness (QED) is 0.742. The van der Waals surface area contributed by atoms with Crippen molar-refractivity contribution >= 4 is 5.78 Å². The molecule has 0 aliphatic heterocycles. The number of ketones is 1. The summed E-state index contributed by atoms with van der Waals surface area (Å²) in [6, 6.07) is 6.55. The van der Waals surface area contributed by atoms with E-state index in [0.29, 0.717) is 17.6 Å². The Morgan fingerprint density at radius 1 is 1.26 bits per heavy atom. The summed E-state index contributed by atoms with van der Waals surface area (Å²) in [4.78, 5) is 12.5. The van der Waals surface area contributed by atoms with Crippen molar-refractivity contribution in [2.45, 2.75) is 51.4 Å². The Morgan fingerprint density at radius 2 is 2.09 bits per heavy atom. The predicted molar refractivity (Wildman–Crippen MR) is 91.8 cm³/mol. The van der Waals surface area contributed by atoms with Gasteiger partial charge in [0.1, 0.15) is 11.5 Å². The first-order valence-corrected chi connectivity index (χ1v) is 8.89. The second kappa shape index (κ2) is 4.96. The van der Waals surface area contributed by atoms with Crippen LogP contribution in [0.1, 0.15) is 56.1 Å². The molecule has 0 heterocycles. The summed E-state index contributed by atoms with van der Waals surface area (Å²) < 4.78 is 5.40. The topological polar surface area (TPSA) is 26.3 Å². The molecule has 1 aromatic rings. The van der Waals surface area contributed by atoms with Crippen molar-refractivity contribution in [3.05, 3.63) is 42.0 Å². The van der Waals surface area contributed by atoms with Crippen LogP contribution in [-0.2, 0) is 11.2 Å². The number of hydrogen-bond acceptors (Lipinski definition) is 2. The summed E-state index contributed by atoms with van der Waals surface area (Å²) >= 11 is 0. The number of allylic oxidation sites excluding steroid dienone is 1. The molecule has 0 radical (unpaired) electrons. The third kappa shape index (κ3) is 1.84. The zero-order chi connectivity index (χ0) is 16.2. The van der Waals surface area contributed by atoms with Crippen molar-refractivity contribution in [1.29, 1.82) is 0 Å². The van der Waals surface area contributed by atoms with Crippen molar-refractivity contribution in [3.8, 4) is 5.75 Å². The van der Waals surface area contributed by atoms with Crippen LogP contribution in [0.2, 0.25) is 0 Å². The largest absolute Gasteiger partial charge is 0.497 e. The molecule has 122 valence electrons. The van der Waals surface area contributed by atoms with Crippen molar-refractivity contribution < 1.29 is 9.53 Å². The van der Waals surface area contributed by atoms with E-state index in [1.165, 1.54) is 11.1 Å². The monoisotopic (exact) mass is 310 g/mol. The second-order valence-electron chi connectivity index (χ2n) is 7.90. The molecule has 1 unspecified atom stereocenters. The van der Waals surface area contributed by atoms with Crippen LogP contribution in [0.4, 0.5) is 0 Å². The van der Waals surface area contributed by atoms with Gasteiger partial charge in [0.05, 0.1) is 7.11 Å². The minimum atomic E-state index is -0.116. The molecule has 2 fully saturated rings. The number of hydrogen-bond donors (Lipinski definition) is 0. The third-order valence-corrected chi connectivity index (χ3v) is 7.25. The summed E-state index contributed by atoms with van der Waals surface area (Å²) in [5, 5.41) is 0. The maximum Gasteiger partial charge on any atom is 0.139 e. The van der Waals surface area contributed by atoms with E-state index < -0.39 is 0 Å². The highest BCUT2D eigenvalue weighted by Gasteiger charge is 2.60. The lowest BCUT2D eigenvalue weighted by Gasteiger charge is -2.56. The Kier molecular flexibility index (Phi) is 3.23. The molecule has 3 aliphatic carbocycles. The highest BCUT2D eigenvalue weighted by Crippen LogP contribution is 2.66. The van der Waals surface area contributed by atoms with E-state index in [0.717, 1.165) is 44.3 Å². The van der Waals surface area contributed by atoms with Crippen LogP contribution in [0.3, 0.4) is 0 Å². The fourth-order valence-corrected chi connectivity index (χ4v) is 6.00. The first-order chi connectivity index (χ1) is 11.0. The lowest BCUT2D eigenvalue weighted by atomic mass is 9.47. The first kappa shape index (κ1) is 15.0. The second-order valence-corrected chi connectivity index (χ2v) is 7.90. The molecule has 23 heavy (non-hydrogen) atoms. The number of rotatable bonds is 2. The van der Waals surface area contributed by atoms with Gasteiger partial charge in [-0.05, 0) is 72.6 Å². The summed E-state index contributed by atoms with van der Waals surface area (Å²) in [5.74, 6) is 2.42. The molecule has 0 bridgehead atoms. The van der Waals surface area contributed by atoms with Crippen molar-refractivity contribution in [1.82, 2.24) is 0 Å². The summed E-state index contributed by atoms with van der Waals surface area (Å²) in [7, 11) is 1.73. The number of benzene rings is 1. The van der Waals surface area contributed by atoms with Crippen LogP contribution in [-0.4, -0.2) is 12.9 Å². The van der Waals surface area contributed by atoms with E-state index in [4.69, 9.17) is 4.74 Å². The molecule has 3 aliphatic rings. The fourth-order valence-electron chi connectivity index (χ4n) is 6.00. The van der Waals surface area contributed by atoms with Gasteiger partial charge in [0, 0.05) is 11.8 Å². The van der Waals surface area contributed by atoms with Gasteiger partial charge < -0.3 is 4.74 Å². The lowest BCUT2D eigenvalue weighted by molar-refractivity contribution is -0.131. The van der Waals surface area contributed by atoms with Crippen LogP contribution < -0.4 is 4.74 Å². The zero-order valence-corrected chi connectivity index (χ0v) is 14.2. The van der Waals surface area contributed by atoms with Crippen LogP contribution in [0.5, 0.6) is 5.75 Å². The van der Waals surface area contributed by atoms with Gasteiger partial charge in [-0.2, -0.15) is 0 Å². The predicted octanol–water partition coefficient (Wildman–Crippen LogP) is 4.68. The Morgan fingerprint density at radius 3 is 2.83 bits per heavy atom. The molecule has 1 aromatic carbocycles. The van der Waals surface area contributed by atoms with E-state index in [-0.39, 0.29) is 10.8 Å². The molecule has 0 N–H and O–H groups in total. The van der Waals surface area contributed by atoms with Crippen LogP contribution >= 0.6 is 0 Å². The SMILES string of the molecule is C=CC12CCc3cc(OC)ccc3[C@H]1CC[C@]1(C)C(=O)CC[C@@H]21. The van der Waals surface area contributed by atoms with Crippen molar-refractivity contribution in [2.75, 3.05) is 7.11 Å². The van der Waals surface area contributed by atoms with E-state index >= 15 is 0 Å². The molecular formula is C21H26O2. The third-order valence-electron chi connectivity index (χ3n) is 7.25. The molecule has 0 amide bonds. The molecule has 4 atom stereocenters. The number of aryl methyl sites for hydroxylation is 1. The van der Waals surface area contributed by atoms with Crippen LogP contribution in [0.15, 0.2) is 30.9 Å². The average molecular weight is 310 g/mol. The van der Waals surface area contributed by atoms with Crippen molar-refractivity contribution in [3.63, 3.8) is 0 Å². The smallest absolute Gasteiger partial charge is 0.139 e. The van der Waals surface area contributed by atoms with Gasteiger partial charge in [0.25, 0.3) is 0 Å². The molecule has 0 spiro atoms. The van der Waals surface area contributed by atoms with E-state index in [1.807, 2.05) is 0 Å². The number of methoxy groups -OCH3 is 1. The fraction of sp³-hybridized carbons (Fsp3) is 0.571. The van der Waals surface area contributed by atoms with E-state index in [9.17, 15) is 4.79 Å². The Hall–Kier alpha value is -1.57. The molecule has 2 saturated carbocycles. The number of carbonyl (C=O) groups is 1. The van der Waals surface area contributed by atoms with E-state index in [1.54, 1.807) is 7.11 Å². The molecule has 0 aromatic heterocycles. The number of Topliss-reactive ketones (excluding diaryl/α,β-unsaturated/α-hetero) is 1. The van der Waals surface area contributed by atoms with Gasteiger partial charge in [-0.1, -0.05) is 19.1 Å². The Labute approximate surface area is 138 Å². The number of ether oxygens (including phenoxy) is 1. The minimum Gasteiger partial charge on any atom is -0.497 e. The average Bonchev–Trinajstić information content (AvgIpc) is 2.89.